The van der Waals surface area contributed by atoms with Gasteiger partial charge in [-0.25, -0.2) is 15.0 Å². The Bertz CT molecular complexity index is 790. The third kappa shape index (κ3) is 7.20. The van der Waals surface area contributed by atoms with E-state index in [1.165, 1.54) is 13.3 Å². The largest absolute Gasteiger partial charge is 0.491 e. The molecule has 2 aromatic heterocycles. The lowest BCUT2D eigenvalue weighted by atomic mass is 10.4. The Kier molecular flexibility index (Phi) is 9.39. The summed E-state index contributed by atoms with van der Waals surface area (Å²) in [4.78, 5) is 16.1. The first-order valence-electron chi connectivity index (χ1n) is 8.78. The van der Waals surface area contributed by atoms with Gasteiger partial charge in [0.05, 0.1) is 33.2 Å². The number of nitrogens with one attached hydrogen (secondary N) is 2. The predicted molar refractivity (Wildman–Crippen MR) is 107 cm³/mol. The summed E-state index contributed by atoms with van der Waals surface area (Å²) < 4.78 is 10.2. The first-order chi connectivity index (χ1) is 13.3. The molecule has 0 amide bonds. The Balaban J connectivity index is 0.000000280. The second-order valence-corrected chi connectivity index (χ2v) is 6.23. The van der Waals surface area contributed by atoms with Gasteiger partial charge in [-0.05, 0) is 27.7 Å². The van der Waals surface area contributed by atoms with E-state index in [1.54, 1.807) is 13.3 Å². The van der Waals surface area contributed by atoms with Crippen LogP contribution in [0.25, 0.3) is 0 Å². The van der Waals surface area contributed by atoms with Gasteiger partial charge in [0.25, 0.3) is 0 Å². The summed E-state index contributed by atoms with van der Waals surface area (Å²) in [7, 11) is 3.13. The normalized spacial score (nSPS) is 10.0. The molecule has 0 saturated heterocycles. The number of methoxy groups -OCH3 is 2. The highest BCUT2D eigenvalue weighted by Gasteiger charge is 2.08. The Morgan fingerprint density at radius 1 is 0.964 bits per heavy atom. The molecule has 0 unspecified atom stereocenters. The van der Waals surface area contributed by atoms with Crippen LogP contribution in [-0.2, 0) is 6.54 Å². The van der Waals surface area contributed by atoms with Crippen LogP contribution in [-0.4, -0.2) is 46.2 Å². The van der Waals surface area contributed by atoms with Crippen molar-refractivity contribution in [3.8, 4) is 17.6 Å². The zero-order chi connectivity index (χ0) is 21.1. The third-order valence-corrected chi connectivity index (χ3v) is 3.13. The van der Waals surface area contributed by atoms with Crippen LogP contribution in [0.1, 0.15) is 39.3 Å². The number of nitriles is 1. The number of nitrogens with zero attached hydrogens (tertiary/aromatic N) is 5. The van der Waals surface area contributed by atoms with Gasteiger partial charge in [-0.15, -0.1) is 0 Å². The lowest BCUT2D eigenvalue weighted by molar-refractivity contribution is 0.411. The van der Waals surface area contributed by atoms with Crippen LogP contribution in [0, 0.1) is 11.3 Å². The van der Waals surface area contributed by atoms with Crippen molar-refractivity contribution >= 4 is 11.6 Å². The highest BCUT2D eigenvalue weighted by atomic mass is 16.5. The summed E-state index contributed by atoms with van der Waals surface area (Å²) in [5, 5.41) is 14.9. The Morgan fingerprint density at radius 2 is 1.46 bits per heavy atom. The fraction of sp³-hybridized carbons (Fsp3) is 0.500. The van der Waals surface area contributed by atoms with Gasteiger partial charge in [0.15, 0.2) is 23.1 Å². The Labute approximate surface area is 165 Å². The average molecular weight is 388 g/mol. The molecule has 0 radical (unpaired) electrons. The van der Waals surface area contributed by atoms with Crippen molar-refractivity contribution in [3.63, 3.8) is 0 Å². The molecule has 2 aromatic rings. The van der Waals surface area contributed by atoms with Gasteiger partial charge in [-0.1, -0.05) is 0 Å². The van der Waals surface area contributed by atoms with Crippen molar-refractivity contribution in [2.45, 2.75) is 46.3 Å². The zero-order valence-corrected chi connectivity index (χ0v) is 17.1. The van der Waals surface area contributed by atoms with E-state index < -0.39 is 0 Å². The molecule has 2 heterocycles. The van der Waals surface area contributed by atoms with E-state index in [4.69, 9.17) is 20.5 Å². The molecule has 0 fully saturated rings. The Hall–Kier alpha value is -3.19. The van der Waals surface area contributed by atoms with Gasteiger partial charge < -0.3 is 25.8 Å². The number of rotatable bonds is 7. The standard InChI is InChI=1S/C9H16N4O.C9H12N4O/c2*1-6(2)12-9-7(14-3)5-11-8(4-10)13-9/h5-6H,4,10H2,1-3H3,(H,11,12,13);5-6H,1-3H3,(H,11,12,13). The molecule has 10 heteroatoms. The summed E-state index contributed by atoms with van der Waals surface area (Å²) in [6, 6.07) is 2.40. The van der Waals surface area contributed by atoms with Crippen LogP contribution in [0.15, 0.2) is 12.4 Å². The van der Waals surface area contributed by atoms with Crippen LogP contribution < -0.4 is 25.8 Å². The van der Waals surface area contributed by atoms with E-state index in [-0.39, 0.29) is 11.9 Å². The predicted octanol–water partition coefficient (Wildman–Crippen LogP) is 1.94. The molecular weight excluding hydrogens is 360 g/mol. The molecule has 28 heavy (non-hydrogen) atoms. The molecule has 0 aliphatic rings. The van der Waals surface area contributed by atoms with Gasteiger partial charge in [0, 0.05) is 12.1 Å². The van der Waals surface area contributed by atoms with E-state index in [0.29, 0.717) is 41.5 Å². The molecule has 2 rings (SSSR count). The van der Waals surface area contributed by atoms with Gasteiger partial charge in [0.2, 0.25) is 5.82 Å². The van der Waals surface area contributed by atoms with Crippen molar-refractivity contribution in [2.24, 2.45) is 5.73 Å². The minimum Gasteiger partial charge on any atom is -0.491 e. The second kappa shape index (κ2) is 11.5. The summed E-state index contributed by atoms with van der Waals surface area (Å²) in [6.45, 7) is 8.35. The quantitative estimate of drug-likeness (QED) is 0.643. The van der Waals surface area contributed by atoms with E-state index in [1.807, 2.05) is 33.8 Å². The maximum Gasteiger partial charge on any atom is 0.234 e. The molecule has 0 aliphatic carbocycles. The lowest BCUT2D eigenvalue weighted by Crippen LogP contribution is -2.14. The minimum absolute atomic E-state index is 0.133. The van der Waals surface area contributed by atoms with E-state index in [9.17, 15) is 0 Å². The highest BCUT2D eigenvalue weighted by Crippen LogP contribution is 2.21. The van der Waals surface area contributed by atoms with Crippen molar-refractivity contribution in [2.75, 3.05) is 24.9 Å². The SMILES string of the molecule is COc1cnc(C#N)nc1NC(C)C.COc1cnc(CN)nc1NC(C)C. The fourth-order valence-electron chi connectivity index (χ4n) is 1.98. The van der Waals surface area contributed by atoms with Crippen molar-refractivity contribution in [1.82, 2.24) is 19.9 Å². The summed E-state index contributed by atoms with van der Waals surface area (Å²) in [5.41, 5.74) is 5.45. The topological polar surface area (TPSA) is 144 Å². The smallest absolute Gasteiger partial charge is 0.234 e. The Morgan fingerprint density at radius 3 is 1.89 bits per heavy atom. The van der Waals surface area contributed by atoms with Crippen LogP contribution in [0.4, 0.5) is 11.6 Å². The van der Waals surface area contributed by atoms with E-state index in [0.717, 1.165) is 0 Å². The van der Waals surface area contributed by atoms with Gasteiger partial charge in [-0.2, -0.15) is 10.2 Å². The van der Waals surface area contributed by atoms with Crippen molar-refractivity contribution < 1.29 is 9.47 Å². The molecule has 0 aromatic carbocycles. The molecule has 10 nitrogen and oxygen atoms in total. The molecule has 0 saturated carbocycles. The van der Waals surface area contributed by atoms with Crippen LogP contribution in [0.2, 0.25) is 0 Å². The molecule has 0 atom stereocenters. The summed E-state index contributed by atoms with van der Waals surface area (Å²) in [6.07, 6.45) is 3.11. The lowest BCUT2D eigenvalue weighted by Gasteiger charge is -2.12. The van der Waals surface area contributed by atoms with Crippen LogP contribution >= 0.6 is 0 Å². The average Bonchev–Trinajstić information content (AvgIpc) is 2.67. The van der Waals surface area contributed by atoms with Crippen LogP contribution in [0.5, 0.6) is 11.5 Å². The number of nitrogens with two attached hydrogens (primary N) is 1. The first-order valence-corrected chi connectivity index (χ1v) is 8.78. The van der Waals surface area contributed by atoms with E-state index in [2.05, 4.69) is 30.6 Å². The second-order valence-electron chi connectivity index (χ2n) is 6.23. The minimum atomic E-state index is 0.133. The van der Waals surface area contributed by atoms with Crippen LogP contribution in [0.3, 0.4) is 0 Å². The summed E-state index contributed by atoms with van der Waals surface area (Å²) in [5.74, 6) is 3.16. The van der Waals surface area contributed by atoms with Crippen molar-refractivity contribution in [1.29, 1.82) is 5.26 Å². The first kappa shape index (κ1) is 22.9. The van der Waals surface area contributed by atoms with Crippen molar-refractivity contribution in [3.05, 3.63) is 24.0 Å². The number of aromatic nitrogens is 4. The maximum absolute atomic E-state index is 8.62. The number of anilines is 2. The fourth-order valence-corrected chi connectivity index (χ4v) is 1.98. The van der Waals surface area contributed by atoms with Gasteiger partial charge in [-0.3, -0.25) is 0 Å². The maximum atomic E-state index is 8.62. The molecule has 0 bridgehead atoms. The number of ether oxygens (including phenoxy) is 2. The molecular formula is C18H28N8O2. The zero-order valence-electron chi connectivity index (χ0n) is 17.1. The van der Waals surface area contributed by atoms with Gasteiger partial charge in [0.1, 0.15) is 11.9 Å². The highest BCUT2D eigenvalue weighted by molar-refractivity contribution is 5.50. The van der Waals surface area contributed by atoms with Gasteiger partial charge >= 0.3 is 0 Å². The number of hydrogen-bond donors (Lipinski definition) is 3. The monoisotopic (exact) mass is 388 g/mol. The molecule has 0 spiro atoms. The third-order valence-electron chi connectivity index (χ3n) is 3.13. The van der Waals surface area contributed by atoms with E-state index >= 15 is 0 Å². The molecule has 152 valence electrons. The molecule has 0 aliphatic heterocycles. The molecule has 4 N–H and O–H groups in total. The summed E-state index contributed by atoms with van der Waals surface area (Å²) >= 11 is 0. The number of hydrogen-bond acceptors (Lipinski definition) is 10.